The molecule has 3 nitrogen and oxygen atoms in total. The van der Waals surface area contributed by atoms with Crippen molar-refractivity contribution in [1.82, 2.24) is 10.2 Å². The van der Waals surface area contributed by atoms with Crippen LogP contribution in [0.2, 0.25) is 0 Å². The molecule has 0 aromatic rings. The summed E-state index contributed by atoms with van der Waals surface area (Å²) in [6, 6.07) is 1.53. The monoisotopic (exact) mass is 200 g/mol. The van der Waals surface area contributed by atoms with Gasteiger partial charge in [0.1, 0.15) is 0 Å². The largest absolute Gasteiger partial charge is 0.383 e. The number of rotatable bonds is 8. The Morgan fingerprint density at radius 1 is 1.50 bits per heavy atom. The Morgan fingerprint density at radius 2 is 2.21 bits per heavy atom. The van der Waals surface area contributed by atoms with Crippen molar-refractivity contribution in [3.8, 4) is 0 Å². The van der Waals surface area contributed by atoms with E-state index in [1.807, 2.05) is 0 Å². The van der Waals surface area contributed by atoms with Crippen LogP contribution in [0.5, 0.6) is 0 Å². The van der Waals surface area contributed by atoms with E-state index in [1.165, 1.54) is 19.4 Å². The van der Waals surface area contributed by atoms with Crippen molar-refractivity contribution in [2.75, 3.05) is 33.4 Å². The molecule has 0 bridgehead atoms. The van der Waals surface area contributed by atoms with Crippen LogP contribution < -0.4 is 5.32 Å². The molecular formula is C11H24N2O. The quantitative estimate of drug-likeness (QED) is 0.594. The predicted octanol–water partition coefficient (Wildman–Crippen LogP) is 1.10. The molecule has 3 heteroatoms. The summed E-state index contributed by atoms with van der Waals surface area (Å²) in [6.45, 7) is 8.59. The number of hydrogen-bond acceptors (Lipinski definition) is 3. The Kier molecular flexibility index (Phi) is 5.45. The minimum Gasteiger partial charge on any atom is -0.383 e. The van der Waals surface area contributed by atoms with Crippen LogP contribution in [0, 0.1) is 0 Å². The lowest BCUT2D eigenvalue weighted by Gasteiger charge is -2.27. The van der Waals surface area contributed by atoms with Crippen LogP contribution in [0.3, 0.4) is 0 Å². The molecule has 0 aliphatic heterocycles. The van der Waals surface area contributed by atoms with E-state index in [4.69, 9.17) is 4.74 Å². The summed E-state index contributed by atoms with van der Waals surface area (Å²) in [4.78, 5) is 2.60. The molecule has 1 N–H and O–H groups in total. The zero-order valence-electron chi connectivity index (χ0n) is 9.75. The van der Waals surface area contributed by atoms with E-state index in [-0.39, 0.29) is 0 Å². The molecule has 14 heavy (non-hydrogen) atoms. The maximum atomic E-state index is 4.99. The first-order chi connectivity index (χ1) is 6.79. The normalized spacial score (nSPS) is 18.9. The Balaban J connectivity index is 2.08. The van der Waals surface area contributed by atoms with Gasteiger partial charge in [0.05, 0.1) is 6.61 Å². The highest BCUT2D eigenvalue weighted by Crippen LogP contribution is 2.27. The third kappa shape index (κ3) is 3.95. The maximum Gasteiger partial charge on any atom is 0.0587 e. The Morgan fingerprint density at radius 3 is 2.71 bits per heavy atom. The predicted molar refractivity (Wildman–Crippen MR) is 59.6 cm³/mol. The van der Waals surface area contributed by atoms with E-state index in [0.29, 0.717) is 6.04 Å². The average Bonchev–Trinajstić information content (AvgIpc) is 2.98. The van der Waals surface area contributed by atoms with Crippen LogP contribution >= 0.6 is 0 Å². The minimum absolute atomic E-state index is 0.657. The molecular weight excluding hydrogens is 176 g/mol. The second-order valence-electron chi connectivity index (χ2n) is 4.11. The topological polar surface area (TPSA) is 24.5 Å². The fourth-order valence-corrected chi connectivity index (χ4v) is 1.94. The fourth-order valence-electron chi connectivity index (χ4n) is 1.94. The summed E-state index contributed by atoms with van der Waals surface area (Å²) in [7, 11) is 1.74. The molecule has 1 aliphatic rings. The van der Waals surface area contributed by atoms with Gasteiger partial charge in [0.25, 0.3) is 0 Å². The molecule has 1 unspecified atom stereocenters. The van der Waals surface area contributed by atoms with E-state index in [1.54, 1.807) is 7.11 Å². The molecule has 0 spiro atoms. The first kappa shape index (κ1) is 12.0. The van der Waals surface area contributed by atoms with Gasteiger partial charge in [0, 0.05) is 32.3 Å². The first-order valence-corrected chi connectivity index (χ1v) is 5.75. The van der Waals surface area contributed by atoms with Crippen molar-refractivity contribution in [2.45, 2.75) is 38.8 Å². The molecule has 1 rings (SSSR count). The molecule has 1 aliphatic carbocycles. The van der Waals surface area contributed by atoms with Crippen LogP contribution in [0.15, 0.2) is 0 Å². The lowest BCUT2D eigenvalue weighted by molar-refractivity contribution is 0.182. The highest BCUT2D eigenvalue weighted by molar-refractivity contribution is 4.87. The minimum atomic E-state index is 0.657. The van der Waals surface area contributed by atoms with Crippen LogP contribution in [0.25, 0.3) is 0 Å². The van der Waals surface area contributed by atoms with Crippen LogP contribution in [0.4, 0.5) is 0 Å². The number of hydrogen-bond donors (Lipinski definition) is 1. The van der Waals surface area contributed by atoms with Gasteiger partial charge in [-0.15, -0.1) is 0 Å². The second-order valence-corrected chi connectivity index (χ2v) is 4.11. The lowest BCUT2D eigenvalue weighted by Crippen LogP contribution is -2.42. The molecule has 1 atom stereocenters. The lowest BCUT2D eigenvalue weighted by atomic mass is 10.2. The number of nitrogens with zero attached hydrogens (tertiary/aromatic N) is 1. The number of ether oxygens (including phenoxy) is 1. The van der Waals surface area contributed by atoms with E-state index in [2.05, 4.69) is 24.1 Å². The molecule has 0 aromatic carbocycles. The van der Waals surface area contributed by atoms with Gasteiger partial charge >= 0.3 is 0 Å². The molecule has 84 valence electrons. The zero-order chi connectivity index (χ0) is 10.4. The third-order valence-electron chi connectivity index (χ3n) is 2.87. The SMILES string of the molecule is CCN(C(C)CNCCOC)C1CC1. The summed E-state index contributed by atoms with van der Waals surface area (Å²) < 4.78 is 4.99. The van der Waals surface area contributed by atoms with Gasteiger partial charge in [-0.05, 0) is 26.3 Å². The molecule has 1 saturated carbocycles. The van der Waals surface area contributed by atoms with Gasteiger partial charge in [-0.25, -0.2) is 0 Å². The highest BCUT2D eigenvalue weighted by atomic mass is 16.5. The summed E-state index contributed by atoms with van der Waals surface area (Å²) in [5, 5.41) is 3.42. The standard InChI is InChI=1S/C11H24N2O/c1-4-13(11-5-6-11)10(2)9-12-7-8-14-3/h10-12H,4-9H2,1-3H3. The fraction of sp³-hybridized carbons (Fsp3) is 1.00. The smallest absolute Gasteiger partial charge is 0.0587 e. The number of methoxy groups -OCH3 is 1. The van der Waals surface area contributed by atoms with Gasteiger partial charge in [0.15, 0.2) is 0 Å². The van der Waals surface area contributed by atoms with Gasteiger partial charge in [0.2, 0.25) is 0 Å². The van der Waals surface area contributed by atoms with Crippen molar-refractivity contribution in [3.05, 3.63) is 0 Å². The van der Waals surface area contributed by atoms with Gasteiger partial charge in [-0.2, -0.15) is 0 Å². The molecule has 0 aromatic heterocycles. The molecule has 0 radical (unpaired) electrons. The molecule has 1 fully saturated rings. The Bertz CT molecular complexity index is 148. The van der Waals surface area contributed by atoms with Crippen molar-refractivity contribution < 1.29 is 4.74 Å². The Labute approximate surface area is 87.8 Å². The van der Waals surface area contributed by atoms with Gasteiger partial charge in [-0.1, -0.05) is 6.92 Å². The van der Waals surface area contributed by atoms with E-state index < -0.39 is 0 Å². The van der Waals surface area contributed by atoms with Crippen LogP contribution in [-0.4, -0.2) is 50.3 Å². The van der Waals surface area contributed by atoms with Crippen molar-refractivity contribution in [3.63, 3.8) is 0 Å². The summed E-state index contributed by atoms with van der Waals surface area (Å²) >= 11 is 0. The average molecular weight is 200 g/mol. The summed E-state index contributed by atoms with van der Waals surface area (Å²) in [5.74, 6) is 0. The first-order valence-electron chi connectivity index (χ1n) is 5.75. The zero-order valence-corrected chi connectivity index (χ0v) is 9.75. The third-order valence-corrected chi connectivity index (χ3v) is 2.87. The van der Waals surface area contributed by atoms with Crippen LogP contribution in [-0.2, 0) is 4.74 Å². The van der Waals surface area contributed by atoms with Crippen molar-refractivity contribution >= 4 is 0 Å². The number of likely N-dealkylation sites (N-methyl/N-ethyl adjacent to an activating group) is 1. The highest BCUT2D eigenvalue weighted by Gasteiger charge is 2.30. The van der Waals surface area contributed by atoms with Crippen molar-refractivity contribution in [1.29, 1.82) is 0 Å². The summed E-state index contributed by atoms with van der Waals surface area (Å²) in [6.07, 6.45) is 2.80. The van der Waals surface area contributed by atoms with E-state index in [9.17, 15) is 0 Å². The second kappa shape index (κ2) is 6.38. The maximum absolute atomic E-state index is 4.99. The van der Waals surface area contributed by atoms with E-state index in [0.717, 1.165) is 25.7 Å². The molecule has 0 heterocycles. The van der Waals surface area contributed by atoms with Crippen molar-refractivity contribution in [2.24, 2.45) is 0 Å². The van der Waals surface area contributed by atoms with Gasteiger partial charge < -0.3 is 10.1 Å². The summed E-state index contributed by atoms with van der Waals surface area (Å²) in [5.41, 5.74) is 0. The Hall–Kier alpha value is -0.120. The van der Waals surface area contributed by atoms with Gasteiger partial charge in [-0.3, -0.25) is 4.90 Å². The van der Waals surface area contributed by atoms with E-state index >= 15 is 0 Å². The van der Waals surface area contributed by atoms with Crippen LogP contribution in [0.1, 0.15) is 26.7 Å². The number of nitrogens with one attached hydrogen (secondary N) is 1. The molecule has 0 saturated heterocycles. The molecule has 0 amide bonds.